The zero-order valence-electron chi connectivity index (χ0n) is 8.97. The molecular weight excluding hydrogens is 210 g/mol. The quantitative estimate of drug-likeness (QED) is 0.835. The molecule has 1 unspecified atom stereocenters. The zero-order valence-corrected chi connectivity index (χ0v) is 8.97. The summed E-state index contributed by atoms with van der Waals surface area (Å²) >= 11 is 0. The summed E-state index contributed by atoms with van der Waals surface area (Å²) in [6, 6.07) is 3.16. The van der Waals surface area contributed by atoms with E-state index in [1.807, 2.05) is 0 Å². The van der Waals surface area contributed by atoms with Crippen LogP contribution in [0.5, 0.6) is 5.88 Å². The first-order valence-corrected chi connectivity index (χ1v) is 5.12. The van der Waals surface area contributed by atoms with Gasteiger partial charge < -0.3 is 14.6 Å². The van der Waals surface area contributed by atoms with Crippen molar-refractivity contribution in [1.29, 1.82) is 0 Å². The lowest BCUT2D eigenvalue weighted by molar-refractivity contribution is 0.0685. The van der Waals surface area contributed by atoms with Gasteiger partial charge in [0.1, 0.15) is 11.7 Å². The van der Waals surface area contributed by atoms with E-state index in [0.29, 0.717) is 13.2 Å². The number of ether oxygens (including phenoxy) is 2. The molecule has 0 bridgehead atoms. The highest BCUT2D eigenvalue weighted by Crippen LogP contribution is 2.20. The number of carboxylic acid groups (broad SMARTS) is 1. The van der Waals surface area contributed by atoms with Crippen molar-refractivity contribution in [3.63, 3.8) is 0 Å². The van der Waals surface area contributed by atoms with Crippen LogP contribution in [-0.2, 0) is 4.74 Å². The first kappa shape index (κ1) is 10.9. The minimum atomic E-state index is -1.03. The zero-order chi connectivity index (χ0) is 11.5. The third-order valence-electron chi connectivity index (χ3n) is 2.40. The number of carbonyl (C=O) groups is 1. The Kier molecular flexibility index (Phi) is 3.05. The molecule has 16 heavy (non-hydrogen) atoms. The molecule has 86 valence electrons. The lowest BCUT2D eigenvalue weighted by Crippen LogP contribution is -2.18. The van der Waals surface area contributed by atoms with Crippen LogP contribution in [0.15, 0.2) is 12.1 Å². The maximum absolute atomic E-state index is 11.0. The summed E-state index contributed by atoms with van der Waals surface area (Å²) in [7, 11) is 0. The first-order valence-electron chi connectivity index (χ1n) is 5.12. The van der Waals surface area contributed by atoms with Gasteiger partial charge in [-0.3, -0.25) is 0 Å². The fraction of sp³-hybridized carbons (Fsp3) is 0.455. The van der Waals surface area contributed by atoms with Crippen LogP contribution < -0.4 is 4.74 Å². The summed E-state index contributed by atoms with van der Waals surface area (Å²) in [5.74, 6) is -0.843. The van der Waals surface area contributed by atoms with Gasteiger partial charge in [0.2, 0.25) is 5.88 Å². The lowest BCUT2D eigenvalue weighted by Gasteiger charge is -2.13. The van der Waals surface area contributed by atoms with Crippen LogP contribution in [0.1, 0.15) is 22.5 Å². The number of pyridine rings is 1. The Morgan fingerprint density at radius 2 is 2.44 bits per heavy atom. The minimum absolute atomic E-state index is 0.0904. The predicted octanol–water partition coefficient (Wildman–Crippen LogP) is 1.26. The SMILES string of the molecule is Cc1ccc(C(=O)O)c(OC2CCOC2)n1. The third-order valence-corrected chi connectivity index (χ3v) is 2.40. The van der Waals surface area contributed by atoms with E-state index in [2.05, 4.69) is 4.98 Å². The topological polar surface area (TPSA) is 68.7 Å². The molecule has 2 rings (SSSR count). The molecule has 1 N–H and O–H groups in total. The minimum Gasteiger partial charge on any atom is -0.477 e. The molecule has 1 aromatic rings. The van der Waals surface area contributed by atoms with Crippen molar-refractivity contribution >= 4 is 5.97 Å². The van der Waals surface area contributed by atoms with Gasteiger partial charge in [0.15, 0.2) is 0 Å². The van der Waals surface area contributed by atoms with Crippen LogP contribution in [0.3, 0.4) is 0 Å². The van der Waals surface area contributed by atoms with Gasteiger partial charge in [0, 0.05) is 12.1 Å². The molecule has 5 heteroatoms. The smallest absolute Gasteiger partial charge is 0.341 e. The molecule has 1 aliphatic heterocycles. The fourth-order valence-electron chi connectivity index (χ4n) is 1.55. The molecule has 1 atom stereocenters. The number of carboxylic acids is 1. The molecule has 0 aliphatic carbocycles. The van der Waals surface area contributed by atoms with Crippen molar-refractivity contribution in [2.45, 2.75) is 19.4 Å². The van der Waals surface area contributed by atoms with Crippen molar-refractivity contribution in [1.82, 2.24) is 4.98 Å². The van der Waals surface area contributed by atoms with Gasteiger partial charge in [-0.2, -0.15) is 0 Å². The maximum atomic E-state index is 11.0. The van der Waals surface area contributed by atoms with Gasteiger partial charge in [0.25, 0.3) is 0 Å². The Labute approximate surface area is 93.0 Å². The summed E-state index contributed by atoms with van der Waals surface area (Å²) in [5, 5.41) is 8.98. The molecule has 0 saturated carbocycles. The van der Waals surface area contributed by atoms with Gasteiger partial charge >= 0.3 is 5.97 Å². The normalized spacial score (nSPS) is 19.7. The number of aromatic nitrogens is 1. The molecule has 1 saturated heterocycles. The summed E-state index contributed by atoms with van der Waals surface area (Å²) in [6.45, 7) is 2.94. The van der Waals surface area contributed by atoms with Crippen molar-refractivity contribution in [2.24, 2.45) is 0 Å². The fourth-order valence-corrected chi connectivity index (χ4v) is 1.55. The average molecular weight is 223 g/mol. The van der Waals surface area contributed by atoms with E-state index >= 15 is 0 Å². The Morgan fingerprint density at radius 3 is 3.06 bits per heavy atom. The summed E-state index contributed by atoms with van der Waals surface area (Å²) in [5.41, 5.74) is 0.830. The highest BCUT2D eigenvalue weighted by atomic mass is 16.5. The highest BCUT2D eigenvalue weighted by molar-refractivity contribution is 5.90. The van der Waals surface area contributed by atoms with Crippen LogP contribution in [-0.4, -0.2) is 35.4 Å². The largest absolute Gasteiger partial charge is 0.477 e. The Hall–Kier alpha value is -1.62. The number of hydrogen-bond acceptors (Lipinski definition) is 4. The summed E-state index contributed by atoms with van der Waals surface area (Å²) in [4.78, 5) is 15.1. The van der Waals surface area contributed by atoms with Crippen LogP contribution in [0, 0.1) is 6.92 Å². The van der Waals surface area contributed by atoms with E-state index in [1.165, 1.54) is 6.07 Å². The molecular formula is C11H13NO4. The second-order valence-corrected chi connectivity index (χ2v) is 3.71. The molecule has 2 heterocycles. The predicted molar refractivity (Wildman–Crippen MR) is 55.8 cm³/mol. The first-order chi connectivity index (χ1) is 7.66. The molecule has 0 amide bonds. The van der Waals surface area contributed by atoms with Crippen LogP contribution >= 0.6 is 0 Å². The summed E-state index contributed by atoms with van der Waals surface area (Å²) in [6.07, 6.45) is 0.682. The van der Waals surface area contributed by atoms with Crippen molar-refractivity contribution < 1.29 is 19.4 Å². The van der Waals surface area contributed by atoms with E-state index in [9.17, 15) is 4.79 Å². The van der Waals surface area contributed by atoms with Crippen molar-refractivity contribution in [3.05, 3.63) is 23.4 Å². The van der Waals surface area contributed by atoms with Crippen LogP contribution in [0.25, 0.3) is 0 Å². The van der Waals surface area contributed by atoms with Gasteiger partial charge in [0.05, 0.1) is 13.2 Å². The maximum Gasteiger partial charge on any atom is 0.341 e. The number of aryl methyl sites for hydroxylation is 1. The standard InChI is InChI=1S/C11H13NO4/c1-7-2-3-9(11(13)14)10(12-7)16-8-4-5-15-6-8/h2-3,8H,4-6H2,1H3,(H,13,14). The monoisotopic (exact) mass is 223 g/mol. The highest BCUT2D eigenvalue weighted by Gasteiger charge is 2.21. The van der Waals surface area contributed by atoms with Crippen LogP contribution in [0.2, 0.25) is 0 Å². The van der Waals surface area contributed by atoms with Gasteiger partial charge in [-0.25, -0.2) is 9.78 Å². The lowest BCUT2D eigenvalue weighted by atomic mass is 10.2. The number of nitrogens with zero attached hydrogens (tertiary/aromatic N) is 1. The van der Waals surface area contributed by atoms with E-state index in [-0.39, 0.29) is 17.5 Å². The molecule has 0 radical (unpaired) electrons. The van der Waals surface area contributed by atoms with E-state index in [4.69, 9.17) is 14.6 Å². The van der Waals surface area contributed by atoms with E-state index in [1.54, 1.807) is 13.0 Å². The molecule has 1 aromatic heterocycles. The van der Waals surface area contributed by atoms with Crippen LogP contribution in [0.4, 0.5) is 0 Å². The Morgan fingerprint density at radius 1 is 1.62 bits per heavy atom. The number of hydrogen-bond donors (Lipinski definition) is 1. The van der Waals surface area contributed by atoms with Crippen molar-refractivity contribution in [2.75, 3.05) is 13.2 Å². The molecule has 1 fully saturated rings. The van der Waals surface area contributed by atoms with Gasteiger partial charge in [-0.05, 0) is 19.1 Å². The Balaban J connectivity index is 2.22. The molecule has 5 nitrogen and oxygen atoms in total. The number of aromatic carboxylic acids is 1. The van der Waals surface area contributed by atoms with E-state index < -0.39 is 5.97 Å². The Bertz CT molecular complexity index is 399. The van der Waals surface area contributed by atoms with Gasteiger partial charge in [-0.15, -0.1) is 0 Å². The van der Waals surface area contributed by atoms with E-state index in [0.717, 1.165) is 12.1 Å². The molecule has 0 aromatic carbocycles. The molecule has 0 spiro atoms. The second-order valence-electron chi connectivity index (χ2n) is 3.71. The summed E-state index contributed by atoms with van der Waals surface area (Å²) < 4.78 is 10.7. The average Bonchev–Trinajstić information content (AvgIpc) is 2.70. The molecule has 1 aliphatic rings. The van der Waals surface area contributed by atoms with Crippen molar-refractivity contribution in [3.8, 4) is 5.88 Å². The van der Waals surface area contributed by atoms with Gasteiger partial charge in [-0.1, -0.05) is 0 Å². The third kappa shape index (κ3) is 2.30. The second kappa shape index (κ2) is 4.49. The number of rotatable bonds is 3.